The molecule has 0 nitrogen and oxygen atoms in total. The quantitative estimate of drug-likeness (QED) is 0.376. The van der Waals surface area contributed by atoms with E-state index in [0.29, 0.717) is 5.92 Å². The van der Waals surface area contributed by atoms with E-state index in [1.54, 1.807) is 0 Å². The van der Waals surface area contributed by atoms with Gasteiger partial charge in [-0.15, -0.1) is 0 Å². The Hall–Kier alpha value is -0.790. The van der Waals surface area contributed by atoms with Crippen molar-refractivity contribution in [1.82, 2.24) is 0 Å². The number of benzene rings is 2. The third-order valence-corrected chi connectivity index (χ3v) is 5.43. The molecule has 1 unspecified atom stereocenters. The van der Waals surface area contributed by atoms with Crippen LogP contribution in [0.25, 0.3) is 6.08 Å². The molecule has 0 heterocycles. The number of allylic oxidation sites excluding steroid dienone is 5. The average molecular weight is 459 g/mol. The number of hydrogen-bond donors (Lipinski definition) is 0. The van der Waals surface area contributed by atoms with Gasteiger partial charge in [0.2, 0.25) is 0 Å². The van der Waals surface area contributed by atoms with Crippen molar-refractivity contribution in [1.29, 1.82) is 0 Å². The molecular formula is C21H16Cl2SiZr. The molecule has 2 radical (unpaired) electrons. The monoisotopic (exact) mass is 456 g/mol. The van der Waals surface area contributed by atoms with E-state index in [1.165, 1.54) is 27.4 Å². The number of hydrogen-bond acceptors (Lipinski definition) is 0. The largest absolute Gasteiger partial charge is 3.00 e. The van der Waals surface area contributed by atoms with Crippen LogP contribution in [0, 0.1) is 6.08 Å². The molecule has 1 atom stereocenters. The summed E-state index contributed by atoms with van der Waals surface area (Å²) in [7, 11) is 0.792. The second kappa shape index (κ2) is 10.4. The third-order valence-electron chi connectivity index (χ3n) is 4.17. The van der Waals surface area contributed by atoms with Gasteiger partial charge in [-0.3, -0.25) is 0 Å². The molecule has 4 heteroatoms. The summed E-state index contributed by atoms with van der Waals surface area (Å²) < 4.78 is 0. The van der Waals surface area contributed by atoms with Gasteiger partial charge in [0, 0.05) is 15.0 Å². The number of halogens is 2. The predicted molar refractivity (Wildman–Crippen MR) is 95.0 cm³/mol. The summed E-state index contributed by atoms with van der Waals surface area (Å²) in [6.07, 6.45) is 12.6. The number of fused-ring (bicyclic) bond motifs is 1. The van der Waals surface area contributed by atoms with Crippen LogP contribution < -0.4 is 24.8 Å². The summed E-state index contributed by atoms with van der Waals surface area (Å²) in [5.74, 6) is 0.381. The van der Waals surface area contributed by atoms with Gasteiger partial charge in [-0.1, -0.05) is 66.7 Å². The zero-order valence-corrected chi connectivity index (χ0v) is 18.5. The summed E-state index contributed by atoms with van der Waals surface area (Å²) in [4.78, 5) is 0. The van der Waals surface area contributed by atoms with Crippen molar-refractivity contribution < 1.29 is 51.0 Å². The third kappa shape index (κ3) is 5.11. The molecule has 2 aliphatic rings. The minimum absolute atomic E-state index is 0. The Morgan fingerprint density at radius 1 is 0.840 bits per heavy atom. The Morgan fingerprint density at radius 2 is 1.56 bits per heavy atom. The van der Waals surface area contributed by atoms with Gasteiger partial charge in [-0.05, 0) is 22.7 Å². The molecule has 0 bridgehead atoms. The van der Waals surface area contributed by atoms with Crippen LogP contribution in [0.5, 0.6) is 0 Å². The van der Waals surface area contributed by atoms with Gasteiger partial charge in [-0.2, -0.15) is 16.8 Å². The first-order valence-corrected chi connectivity index (χ1v) is 8.85. The predicted octanol–water partition coefficient (Wildman–Crippen LogP) is -1.82. The molecule has 0 amide bonds. The fourth-order valence-electron chi connectivity index (χ4n) is 3.01. The first-order chi connectivity index (χ1) is 10.9. The van der Waals surface area contributed by atoms with Crippen molar-refractivity contribution in [3.63, 3.8) is 0 Å². The van der Waals surface area contributed by atoms with Crippen LogP contribution in [0.1, 0.15) is 22.6 Å². The Kier molecular flexibility index (Phi) is 9.24. The van der Waals surface area contributed by atoms with Gasteiger partial charge in [0.15, 0.2) is 0 Å². The van der Waals surface area contributed by atoms with Crippen molar-refractivity contribution >= 4 is 20.4 Å². The topological polar surface area (TPSA) is 0 Å². The molecule has 0 aliphatic heterocycles. The van der Waals surface area contributed by atoms with Crippen molar-refractivity contribution in [3.05, 3.63) is 101 Å². The summed E-state index contributed by atoms with van der Waals surface area (Å²) in [5.41, 5.74) is 5.46. The van der Waals surface area contributed by atoms with E-state index >= 15 is 0 Å². The van der Waals surface area contributed by atoms with Crippen molar-refractivity contribution in [2.45, 2.75) is 12.0 Å². The Balaban J connectivity index is 0.00000104. The van der Waals surface area contributed by atoms with E-state index in [0.717, 1.165) is 15.2 Å². The summed E-state index contributed by atoms with van der Waals surface area (Å²) in [5, 5.41) is 1.34. The summed E-state index contributed by atoms with van der Waals surface area (Å²) >= 11 is 0. The van der Waals surface area contributed by atoms with Crippen LogP contribution in [0.15, 0.2) is 78.4 Å². The van der Waals surface area contributed by atoms with Gasteiger partial charge in [0.25, 0.3) is 0 Å². The molecular weight excluding hydrogens is 442 g/mol. The van der Waals surface area contributed by atoms with Crippen LogP contribution in [0.3, 0.4) is 0 Å². The zero-order valence-electron chi connectivity index (χ0n) is 13.5. The molecule has 2 aromatic carbocycles. The van der Waals surface area contributed by atoms with E-state index in [1.807, 2.05) is 0 Å². The van der Waals surface area contributed by atoms with E-state index in [2.05, 4.69) is 85.0 Å². The maximum Gasteiger partial charge on any atom is 3.00 e. The smallest absolute Gasteiger partial charge is 1.00 e. The van der Waals surface area contributed by atoms with E-state index < -0.39 is 0 Å². The Labute approximate surface area is 183 Å². The molecule has 0 aromatic heterocycles. The molecule has 0 fully saturated rings. The van der Waals surface area contributed by atoms with Crippen LogP contribution in [-0.4, -0.2) is 14.3 Å². The van der Waals surface area contributed by atoms with E-state index in [9.17, 15) is 0 Å². The average Bonchev–Trinajstić information content (AvgIpc) is 3.20. The normalized spacial score (nSPS) is 18.0. The van der Waals surface area contributed by atoms with E-state index in [4.69, 9.17) is 0 Å². The second-order valence-electron chi connectivity index (χ2n) is 5.63. The first-order valence-electron chi connectivity index (χ1n) is 7.64. The molecule has 2 aliphatic carbocycles. The maximum atomic E-state index is 3.63. The molecule has 122 valence electrons. The van der Waals surface area contributed by atoms with Gasteiger partial charge in [0.05, 0.1) is 0 Å². The molecule has 4 rings (SSSR count). The van der Waals surface area contributed by atoms with Crippen LogP contribution in [-0.2, 0) is 32.2 Å². The van der Waals surface area contributed by atoms with Crippen LogP contribution in [0.2, 0.25) is 0 Å². The summed E-state index contributed by atoms with van der Waals surface area (Å²) in [6.45, 7) is 0. The number of rotatable bonds is 3. The second-order valence-corrected chi connectivity index (χ2v) is 6.88. The van der Waals surface area contributed by atoms with E-state index in [-0.39, 0.29) is 51.0 Å². The molecule has 0 saturated carbocycles. The Morgan fingerprint density at radius 3 is 2.36 bits per heavy atom. The fourth-order valence-corrected chi connectivity index (χ4v) is 4.07. The fraction of sp³-hybridized carbons (Fsp3) is 0.0952. The first kappa shape index (κ1) is 22.3. The van der Waals surface area contributed by atoms with Gasteiger partial charge >= 0.3 is 26.2 Å². The zero-order chi connectivity index (χ0) is 14.8. The minimum atomic E-state index is 0. The van der Waals surface area contributed by atoms with Crippen molar-refractivity contribution in [2.75, 3.05) is 0 Å². The summed E-state index contributed by atoms with van der Waals surface area (Å²) in [6, 6.07) is 20.5. The molecule has 2 aromatic rings. The van der Waals surface area contributed by atoms with Crippen LogP contribution >= 0.6 is 0 Å². The standard InChI is InChI=1S/C21H16Si.2ClH.Zr/c1-2-6-16(7-3-1)15-22-19-12-10-18(14-19)21-13-11-17-8-4-5-9-20(17)21;;;/h1-13,21H,15H2;2*1H;/q-1;;;+3/p-2. The maximum absolute atomic E-state index is 3.63. The van der Waals surface area contributed by atoms with Gasteiger partial charge in [-0.25, -0.2) is 12.2 Å². The van der Waals surface area contributed by atoms with Gasteiger partial charge in [0.1, 0.15) is 0 Å². The van der Waals surface area contributed by atoms with Crippen molar-refractivity contribution in [2.24, 2.45) is 0 Å². The Bertz CT molecular complexity index is 823. The molecule has 25 heavy (non-hydrogen) atoms. The molecule has 0 spiro atoms. The van der Waals surface area contributed by atoms with Gasteiger partial charge < -0.3 is 24.8 Å². The minimum Gasteiger partial charge on any atom is -1.00 e. The molecule has 0 N–H and O–H groups in total. The van der Waals surface area contributed by atoms with Crippen molar-refractivity contribution in [3.8, 4) is 0 Å². The SMILES string of the molecule is [C-]1=C(C2C=Cc3ccccc32)C=CC1=[Si]Cc1ccccc1.[Cl-].[Cl-].[Zr+3]. The molecule has 0 saturated heterocycles. The van der Waals surface area contributed by atoms with Crippen LogP contribution in [0.4, 0.5) is 0 Å².